The maximum absolute atomic E-state index is 2.51. The van der Waals surface area contributed by atoms with E-state index in [1.54, 1.807) is 33.4 Å². The van der Waals surface area contributed by atoms with Crippen LogP contribution in [-0.4, -0.2) is 0 Å². The first kappa shape index (κ1) is 25.6. The second-order valence-electron chi connectivity index (χ2n) is 8.00. The summed E-state index contributed by atoms with van der Waals surface area (Å²) in [4.78, 5) is 0. The van der Waals surface area contributed by atoms with Crippen molar-refractivity contribution in [2.24, 2.45) is 10.8 Å². The fraction of sp³-hybridized carbons (Fsp3) is 0.636. The summed E-state index contributed by atoms with van der Waals surface area (Å²) in [7, 11) is 0. The van der Waals surface area contributed by atoms with Gasteiger partial charge in [-0.05, 0) is 0 Å². The van der Waals surface area contributed by atoms with Crippen molar-refractivity contribution in [1.82, 2.24) is 0 Å². The van der Waals surface area contributed by atoms with E-state index in [1.807, 2.05) is 5.21 Å². The van der Waals surface area contributed by atoms with Crippen LogP contribution in [0.15, 0.2) is 38.7 Å². The average Bonchev–Trinajstić information content (AvgIpc) is 2.81. The van der Waals surface area contributed by atoms with Gasteiger partial charge in [-0.2, -0.15) is 0 Å². The van der Waals surface area contributed by atoms with Gasteiger partial charge in [0.25, 0.3) is 0 Å². The Kier molecular flexibility index (Phi) is 8.94. The number of allylic oxidation sites excluding steroid dienone is 8. The Morgan fingerprint density at radius 2 is 0.880 bits per heavy atom. The molecule has 0 spiro atoms. The van der Waals surface area contributed by atoms with Gasteiger partial charge in [0.2, 0.25) is 0 Å². The molecular formula is C22H34Cl2U. The van der Waals surface area contributed by atoms with E-state index in [2.05, 4.69) is 69.2 Å². The molecule has 2 atom stereocenters. The van der Waals surface area contributed by atoms with Crippen molar-refractivity contribution in [1.29, 1.82) is 0 Å². The monoisotopic (exact) mass is 606 g/mol. The van der Waals surface area contributed by atoms with E-state index in [4.69, 9.17) is 0 Å². The van der Waals surface area contributed by atoms with Gasteiger partial charge in [-0.1, -0.05) is 0 Å². The molecule has 2 aliphatic carbocycles. The van der Waals surface area contributed by atoms with Crippen LogP contribution in [0.25, 0.3) is 0 Å². The molecule has 0 aromatic carbocycles. The summed E-state index contributed by atoms with van der Waals surface area (Å²) in [5.41, 5.74) is 10.4. The molecule has 2 unspecified atom stereocenters. The van der Waals surface area contributed by atoms with Gasteiger partial charge >= 0.3 is 159 Å². The fourth-order valence-corrected chi connectivity index (χ4v) is 13.9. The molecule has 0 saturated carbocycles. The predicted molar refractivity (Wildman–Crippen MR) is 98.9 cm³/mol. The third-order valence-electron chi connectivity index (χ3n) is 7.42. The molecule has 2 rings (SSSR count). The zero-order valence-corrected chi connectivity index (χ0v) is 23.3. The Labute approximate surface area is 183 Å². The molecule has 0 nitrogen and oxygen atoms in total. The van der Waals surface area contributed by atoms with Crippen molar-refractivity contribution in [2.75, 3.05) is 0 Å². The van der Waals surface area contributed by atoms with Crippen LogP contribution in [0.3, 0.4) is 0 Å². The van der Waals surface area contributed by atoms with Crippen molar-refractivity contribution < 1.29 is 52.5 Å². The fourth-order valence-electron chi connectivity index (χ4n) is 4.44. The van der Waals surface area contributed by atoms with E-state index in [0.717, 1.165) is 0 Å². The summed E-state index contributed by atoms with van der Waals surface area (Å²) >= 11 is -1.20. The zero-order chi connectivity index (χ0) is 17.7. The number of hydrogen-bond donors (Lipinski definition) is 0. The first-order valence-electron chi connectivity index (χ1n) is 9.12. The molecule has 0 aliphatic heterocycles. The number of hydrogen-bond acceptors (Lipinski definition) is 0. The first-order chi connectivity index (χ1) is 10.6. The van der Waals surface area contributed by atoms with Crippen LogP contribution >= 0.6 is 0 Å². The van der Waals surface area contributed by atoms with Crippen LogP contribution < -0.4 is 24.8 Å². The van der Waals surface area contributed by atoms with Crippen LogP contribution in [0.1, 0.15) is 82.1 Å². The maximum Gasteiger partial charge on any atom is -1.00 e. The molecule has 0 fully saturated rings. The van der Waals surface area contributed by atoms with Crippen LogP contribution in [0, 0.1) is 38.6 Å². The molecule has 0 saturated heterocycles. The van der Waals surface area contributed by atoms with Crippen molar-refractivity contribution >= 4 is 0 Å². The molecule has 140 valence electrons. The standard InChI is InChI=1S/2C11H17.2ClH.U/c2*1-6-11(5)7-8(2)9(3)10(11)4;;;/h2*6H2,1-5H3;2*1H;/q;;;;+2/p-2. The van der Waals surface area contributed by atoms with Crippen LogP contribution in [0.5, 0.6) is 0 Å². The van der Waals surface area contributed by atoms with Gasteiger partial charge in [0, 0.05) is 0 Å². The van der Waals surface area contributed by atoms with Crippen LogP contribution in [0.2, 0.25) is 0 Å². The Balaban J connectivity index is 0.00000288. The molecule has 3 heteroatoms. The summed E-state index contributed by atoms with van der Waals surface area (Å²) in [6, 6.07) is 0. The summed E-state index contributed by atoms with van der Waals surface area (Å²) in [5, 5.41) is 0. The minimum atomic E-state index is -1.20. The van der Waals surface area contributed by atoms with Gasteiger partial charge < -0.3 is 24.8 Å². The Morgan fingerprint density at radius 1 is 0.600 bits per heavy atom. The predicted octanol–water partition coefficient (Wildman–Crippen LogP) is 1.16. The van der Waals surface area contributed by atoms with Crippen LogP contribution in [0.4, 0.5) is 0 Å². The molecule has 0 radical (unpaired) electrons. The largest absolute Gasteiger partial charge is 1.00 e. The molecule has 0 heterocycles. The van der Waals surface area contributed by atoms with Crippen LogP contribution in [-0.2, 0) is 0 Å². The SMILES string of the molecule is CCC1(C)C(C)=C(C)C(C)=[C]1[U+2][C]1=C(C)C(C)=C(C)C1(C)CC.[Cl-].[Cl-]. The average molecular weight is 607 g/mol. The van der Waals surface area contributed by atoms with Crippen molar-refractivity contribution in [3.05, 3.63) is 38.7 Å². The van der Waals surface area contributed by atoms with Crippen molar-refractivity contribution in [3.8, 4) is 0 Å². The third kappa shape index (κ3) is 3.66. The van der Waals surface area contributed by atoms with E-state index in [1.165, 1.54) is 12.8 Å². The van der Waals surface area contributed by atoms with Gasteiger partial charge in [0.1, 0.15) is 0 Å². The molecule has 0 bridgehead atoms. The Bertz CT molecular complexity index is 620. The summed E-state index contributed by atoms with van der Waals surface area (Å²) in [5.74, 6) is 0. The minimum Gasteiger partial charge on any atom is -1.00 e. The van der Waals surface area contributed by atoms with E-state index in [0.29, 0.717) is 10.8 Å². The quantitative estimate of drug-likeness (QED) is 0.451. The molecule has 0 amide bonds. The van der Waals surface area contributed by atoms with E-state index in [9.17, 15) is 0 Å². The topological polar surface area (TPSA) is 0 Å². The van der Waals surface area contributed by atoms with Crippen molar-refractivity contribution in [3.63, 3.8) is 0 Å². The van der Waals surface area contributed by atoms with E-state index < -0.39 is 27.7 Å². The molecule has 2 aliphatic rings. The zero-order valence-electron chi connectivity index (χ0n) is 17.7. The van der Waals surface area contributed by atoms with Gasteiger partial charge in [-0.3, -0.25) is 0 Å². The Hall–Kier alpha value is 0.592. The second-order valence-corrected chi connectivity index (χ2v) is 13.2. The maximum atomic E-state index is 2.51. The Morgan fingerprint density at radius 3 is 1.12 bits per heavy atom. The van der Waals surface area contributed by atoms with Gasteiger partial charge in [0.05, 0.1) is 0 Å². The smallest absolute Gasteiger partial charge is 1.00 e. The molecule has 0 aromatic rings. The normalized spacial score (nSPS) is 29.2. The number of rotatable bonds is 4. The first-order valence-corrected chi connectivity index (χ1v) is 13.3. The van der Waals surface area contributed by atoms with E-state index in [-0.39, 0.29) is 24.8 Å². The van der Waals surface area contributed by atoms with E-state index >= 15 is 0 Å². The summed E-state index contributed by atoms with van der Waals surface area (Å²) < 4.78 is 3.76. The van der Waals surface area contributed by atoms with Crippen molar-refractivity contribution in [2.45, 2.75) is 82.1 Å². The molecule has 0 aromatic heterocycles. The number of halogens is 2. The molecule has 0 N–H and O–H groups in total. The molecular weight excluding hydrogens is 573 g/mol. The minimum absolute atomic E-state index is 0. The van der Waals surface area contributed by atoms with Gasteiger partial charge in [-0.25, -0.2) is 0 Å². The van der Waals surface area contributed by atoms with Gasteiger partial charge in [-0.15, -0.1) is 0 Å². The van der Waals surface area contributed by atoms with Gasteiger partial charge in [0.15, 0.2) is 0 Å². The molecule has 25 heavy (non-hydrogen) atoms. The third-order valence-corrected chi connectivity index (χ3v) is 17.2. The summed E-state index contributed by atoms with van der Waals surface area (Å²) in [6.45, 7) is 24.0. The summed E-state index contributed by atoms with van der Waals surface area (Å²) in [6.07, 6.45) is 2.50. The second kappa shape index (κ2) is 8.73.